The highest BCUT2D eigenvalue weighted by Crippen LogP contribution is 2.19. The van der Waals surface area contributed by atoms with E-state index in [2.05, 4.69) is 46.8 Å². The average molecular weight is 268 g/mol. The van der Waals surface area contributed by atoms with Gasteiger partial charge in [-0.3, -0.25) is 0 Å². The molecule has 2 aromatic heterocycles. The zero-order valence-electron chi connectivity index (χ0n) is 9.16. The molecule has 0 unspecified atom stereocenters. The monoisotopic (exact) mass is 267 g/mol. The van der Waals surface area contributed by atoms with E-state index in [0.29, 0.717) is 0 Å². The van der Waals surface area contributed by atoms with Gasteiger partial charge in [0.1, 0.15) is 4.60 Å². The summed E-state index contributed by atoms with van der Waals surface area (Å²) in [6.45, 7) is 6.56. The largest absolute Gasteiger partial charge is 0.212 e. The highest BCUT2D eigenvalue weighted by atomic mass is 79.9. The second-order valence-electron chi connectivity index (χ2n) is 4.88. The van der Waals surface area contributed by atoms with Crippen molar-refractivity contribution in [1.82, 2.24) is 14.6 Å². The molecule has 0 aromatic carbocycles. The molecule has 2 heterocycles. The summed E-state index contributed by atoms with van der Waals surface area (Å²) in [5.74, 6) is 0.898. The van der Waals surface area contributed by atoms with Gasteiger partial charge < -0.3 is 0 Å². The van der Waals surface area contributed by atoms with Gasteiger partial charge in [0.05, 0.1) is 0 Å². The first kappa shape index (κ1) is 10.6. The van der Waals surface area contributed by atoms with Crippen LogP contribution in [0.25, 0.3) is 5.65 Å². The molecule has 0 amide bonds. The van der Waals surface area contributed by atoms with Crippen molar-refractivity contribution in [2.45, 2.75) is 27.2 Å². The van der Waals surface area contributed by atoms with Crippen LogP contribution in [0.15, 0.2) is 22.8 Å². The number of pyridine rings is 1. The molecule has 0 radical (unpaired) electrons. The van der Waals surface area contributed by atoms with Crippen LogP contribution < -0.4 is 0 Å². The number of halogens is 1. The minimum atomic E-state index is 0.220. The number of aromatic nitrogens is 3. The van der Waals surface area contributed by atoms with E-state index in [1.807, 2.05) is 22.7 Å². The number of hydrogen-bond donors (Lipinski definition) is 0. The maximum atomic E-state index is 4.48. The number of fused-ring (bicyclic) bond motifs is 1. The summed E-state index contributed by atoms with van der Waals surface area (Å²) in [7, 11) is 0. The summed E-state index contributed by atoms with van der Waals surface area (Å²) >= 11 is 3.45. The third-order valence-corrected chi connectivity index (χ3v) is 2.65. The van der Waals surface area contributed by atoms with Gasteiger partial charge in [-0.25, -0.2) is 9.50 Å². The van der Waals surface area contributed by atoms with Crippen LogP contribution in [0.2, 0.25) is 0 Å². The lowest BCUT2D eigenvalue weighted by Gasteiger charge is -2.14. The van der Waals surface area contributed by atoms with Crippen LogP contribution in [0.4, 0.5) is 0 Å². The molecule has 0 N–H and O–H groups in total. The first-order chi connectivity index (χ1) is 6.96. The second kappa shape index (κ2) is 3.59. The Kier molecular flexibility index (Phi) is 2.54. The van der Waals surface area contributed by atoms with Crippen LogP contribution >= 0.6 is 15.9 Å². The first-order valence-corrected chi connectivity index (χ1v) is 5.75. The molecule has 2 aromatic rings. The number of hydrogen-bond acceptors (Lipinski definition) is 2. The molecule has 0 saturated heterocycles. The van der Waals surface area contributed by atoms with Crippen molar-refractivity contribution in [3.8, 4) is 0 Å². The summed E-state index contributed by atoms with van der Waals surface area (Å²) in [6, 6.07) is 5.89. The molecule has 0 bridgehead atoms. The van der Waals surface area contributed by atoms with Gasteiger partial charge in [0.15, 0.2) is 11.5 Å². The van der Waals surface area contributed by atoms with Crippen LogP contribution in [-0.2, 0) is 6.42 Å². The Bertz CT molecular complexity index is 482. The van der Waals surface area contributed by atoms with Crippen molar-refractivity contribution < 1.29 is 0 Å². The summed E-state index contributed by atoms with van der Waals surface area (Å²) in [6.07, 6.45) is 0.890. The molecule has 0 aliphatic heterocycles. The fourth-order valence-corrected chi connectivity index (χ4v) is 1.88. The van der Waals surface area contributed by atoms with E-state index in [0.717, 1.165) is 22.5 Å². The minimum Gasteiger partial charge on any atom is -0.212 e. The average Bonchev–Trinajstić information content (AvgIpc) is 2.45. The van der Waals surface area contributed by atoms with Crippen LogP contribution in [0.1, 0.15) is 26.6 Å². The van der Waals surface area contributed by atoms with E-state index >= 15 is 0 Å². The van der Waals surface area contributed by atoms with E-state index in [1.165, 1.54) is 0 Å². The van der Waals surface area contributed by atoms with E-state index in [9.17, 15) is 0 Å². The summed E-state index contributed by atoms with van der Waals surface area (Å²) in [5.41, 5.74) is 1.11. The molecule has 0 saturated carbocycles. The van der Waals surface area contributed by atoms with Gasteiger partial charge in [0.25, 0.3) is 0 Å². The van der Waals surface area contributed by atoms with E-state index in [1.54, 1.807) is 0 Å². The van der Waals surface area contributed by atoms with Crippen molar-refractivity contribution in [2.24, 2.45) is 5.41 Å². The van der Waals surface area contributed by atoms with Crippen LogP contribution in [0.3, 0.4) is 0 Å². The van der Waals surface area contributed by atoms with Gasteiger partial charge in [0.2, 0.25) is 0 Å². The zero-order valence-corrected chi connectivity index (χ0v) is 10.7. The predicted octanol–water partition coefficient (Wildman–Crippen LogP) is 3.08. The van der Waals surface area contributed by atoms with Gasteiger partial charge in [-0.1, -0.05) is 26.8 Å². The summed E-state index contributed by atoms with van der Waals surface area (Å²) < 4.78 is 2.76. The van der Waals surface area contributed by atoms with E-state index < -0.39 is 0 Å². The first-order valence-electron chi connectivity index (χ1n) is 4.96. The van der Waals surface area contributed by atoms with Gasteiger partial charge in [-0.15, -0.1) is 0 Å². The Morgan fingerprint density at radius 1 is 1.33 bits per heavy atom. The van der Waals surface area contributed by atoms with Crippen LogP contribution in [0, 0.1) is 5.41 Å². The quantitative estimate of drug-likeness (QED) is 0.744. The Balaban J connectivity index is 2.44. The minimum absolute atomic E-state index is 0.220. The standard InChI is InChI=1S/C11H14BrN3/c1-11(2,3)7-9-13-10-6-4-5-8(12)15(10)14-9/h4-6H,7H2,1-3H3. The summed E-state index contributed by atoms with van der Waals surface area (Å²) in [4.78, 5) is 4.48. The molecular weight excluding hydrogens is 254 g/mol. The molecule has 2 rings (SSSR count). The lowest BCUT2D eigenvalue weighted by atomic mass is 9.92. The van der Waals surface area contributed by atoms with Crippen LogP contribution in [0.5, 0.6) is 0 Å². The van der Waals surface area contributed by atoms with E-state index in [4.69, 9.17) is 0 Å². The highest BCUT2D eigenvalue weighted by molar-refractivity contribution is 9.10. The lowest BCUT2D eigenvalue weighted by Crippen LogP contribution is -2.10. The molecule has 4 heteroatoms. The fraction of sp³-hybridized carbons (Fsp3) is 0.455. The number of nitrogens with zero attached hydrogens (tertiary/aromatic N) is 3. The highest BCUT2D eigenvalue weighted by Gasteiger charge is 2.15. The predicted molar refractivity (Wildman–Crippen MR) is 63.8 cm³/mol. The molecular formula is C11H14BrN3. The third kappa shape index (κ3) is 2.37. The zero-order chi connectivity index (χ0) is 11.1. The summed E-state index contributed by atoms with van der Waals surface area (Å²) in [5, 5.41) is 4.46. The van der Waals surface area contributed by atoms with Gasteiger partial charge in [0, 0.05) is 6.42 Å². The van der Waals surface area contributed by atoms with Crippen LogP contribution in [-0.4, -0.2) is 14.6 Å². The Labute approximate surface area is 97.6 Å². The van der Waals surface area contributed by atoms with Crippen molar-refractivity contribution >= 4 is 21.6 Å². The number of rotatable bonds is 1. The lowest BCUT2D eigenvalue weighted by molar-refractivity contribution is 0.401. The van der Waals surface area contributed by atoms with Gasteiger partial charge in [-0.2, -0.15) is 5.10 Å². The smallest absolute Gasteiger partial charge is 0.156 e. The molecule has 80 valence electrons. The SMILES string of the molecule is CC(C)(C)Cc1nc2cccc(Br)n2n1. The third-order valence-electron chi connectivity index (χ3n) is 2.05. The maximum absolute atomic E-state index is 4.48. The van der Waals surface area contributed by atoms with Gasteiger partial charge in [-0.05, 0) is 33.5 Å². The van der Waals surface area contributed by atoms with Gasteiger partial charge >= 0.3 is 0 Å². The maximum Gasteiger partial charge on any atom is 0.156 e. The van der Waals surface area contributed by atoms with E-state index in [-0.39, 0.29) is 5.41 Å². The fourth-order valence-electron chi connectivity index (χ4n) is 1.47. The molecule has 0 aliphatic carbocycles. The topological polar surface area (TPSA) is 30.2 Å². The second-order valence-corrected chi connectivity index (χ2v) is 5.70. The normalized spacial score (nSPS) is 12.3. The molecule has 0 spiro atoms. The van der Waals surface area contributed by atoms with Crippen molar-refractivity contribution in [2.75, 3.05) is 0 Å². The van der Waals surface area contributed by atoms with Crippen molar-refractivity contribution in [3.63, 3.8) is 0 Å². The molecule has 0 atom stereocenters. The molecule has 3 nitrogen and oxygen atoms in total. The molecule has 0 aliphatic rings. The molecule has 0 fully saturated rings. The molecule has 15 heavy (non-hydrogen) atoms. The Hall–Kier alpha value is -0.900. The Morgan fingerprint density at radius 2 is 2.07 bits per heavy atom. The Morgan fingerprint density at radius 3 is 2.67 bits per heavy atom. The van der Waals surface area contributed by atoms with Crippen molar-refractivity contribution in [1.29, 1.82) is 0 Å². The van der Waals surface area contributed by atoms with Crippen molar-refractivity contribution in [3.05, 3.63) is 28.6 Å².